The Balaban J connectivity index is 2.30. The van der Waals surface area contributed by atoms with Gasteiger partial charge < -0.3 is 29.6 Å². The van der Waals surface area contributed by atoms with Crippen LogP contribution in [-0.4, -0.2) is 60.5 Å². The summed E-state index contributed by atoms with van der Waals surface area (Å²) in [5.74, 6) is 1.32. The molecule has 1 aromatic heterocycles. The lowest BCUT2D eigenvalue weighted by molar-refractivity contribution is -0.161. The van der Waals surface area contributed by atoms with Crippen molar-refractivity contribution in [3.63, 3.8) is 0 Å². The van der Waals surface area contributed by atoms with Crippen LogP contribution in [0.4, 0.5) is 0 Å². The minimum Gasteiger partial charge on any atom is -0.466 e. The van der Waals surface area contributed by atoms with Crippen LogP contribution in [0.5, 0.6) is 0 Å². The van der Waals surface area contributed by atoms with Crippen molar-refractivity contribution in [1.29, 1.82) is 0 Å². The average molecular weight is 902 g/mol. The number of aliphatic hydroxyl groups excluding tert-OH is 1. The van der Waals surface area contributed by atoms with Gasteiger partial charge in [-0.3, -0.25) is 18.6 Å². The molecule has 0 fully saturated rings. The Bertz CT molecular complexity index is 1560. The van der Waals surface area contributed by atoms with Crippen LogP contribution in [0.15, 0.2) is 77.3 Å². The number of carbonyl (C=O) groups is 2. The third-order valence-electron chi connectivity index (χ3n) is 10.4. The van der Waals surface area contributed by atoms with Crippen LogP contribution < -0.4 is 5.73 Å². The van der Waals surface area contributed by atoms with E-state index >= 15 is 0 Å². The number of esters is 2. The van der Waals surface area contributed by atoms with E-state index in [-0.39, 0.29) is 32.6 Å². The van der Waals surface area contributed by atoms with Crippen molar-refractivity contribution in [3.05, 3.63) is 95.6 Å². The van der Waals surface area contributed by atoms with Crippen molar-refractivity contribution < 1.29 is 47.1 Å². The van der Waals surface area contributed by atoms with Crippen molar-refractivity contribution in [2.75, 3.05) is 26.4 Å². The number of unbranched alkanes of at least 4 members (excludes halogenated alkanes) is 11. The first-order chi connectivity index (χ1) is 30.5. The summed E-state index contributed by atoms with van der Waals surface area (Å²) in [5, 5.41) is 10.2. The number of hydrogen-bond acceptors (Lipinski definition) is 10. The summed E-state index contributed by atoms with van der Waals surface area (Å²) in [6, 6.07) is 0. The number of hydrogen-bond donors (Lipinski definition) is 3. The zero-order valence-electron chi connectivity index (χ0n) is 39.4. The molecule has 0 aliphatic carbocycles. The standard InChI is InChI=1S/C51H84NO10P/c1-5-7-9-10-11-12-13-14-15-18-21-24-29-34-46(53)35-30-27-33-38-50(54)58-42-47(43-60-63(56,57)59-41-40-52)61-51(55)39-32-26-23-20-17-16-19-22-25-31-37-49-45(4)44(3)48(62-49)36-28-8-6-2/h7,9,11-12,14-15,21,24,27,29-30,34,46-47,53H,5-6,8,10,13,16-20,22-23,25-26,28,31-33,35-43,52H2,1-4H3,(H,56,57)/b9-7-,12-11-,15-14-,24-21-,30-27-,34-29-/t46?,47-/m1/s1. The second-order valence-electron chi connectivity index (χ2n) is 16.0. The van der Waals surface area contributed by atoms with E-state index in [2.05, 4.69) is 64.2 Å². The molecule has 1 rings (SSSR count). The van der Waals surface area contributed by atoms with Gasteiger partial charge in [-0.25, -0.2) is 4.57 Å². The van der Waals surface area contributed by atoms with Gasteiger partial charge in [0.25, 0.3) is 0 Å². The van der Waals surface area contributed by atoms with E-state index in [0.29, 0.717) is 19.3 Å². The highest BCUT2D eigenvalue weighted by Gasteiger charge is 2.26. The molecule has 0 radical (unpaired) electrons. The summed E-state index contributed by atoms with van der Waals surface area (Å²) < 4.78 is 39.0. The fourth-order valence-corrected chi connectivity index (χ4v) is 7.34. The lowest BCUT2D eigenvalue weighted by Crippen LogP contribution is -2.29. The lowest BCUT2D eigenvalue weighted by Gasteiger charge is -2.19. The SMILES string of the molecule is CC/C=C\C/C=C\C/C=C\C/C=C\C=C/C(O)C/C=C\CCC(=O)OC[C@H](COP(=O)(O)OCCN)OC(=O)CCCCCCCCCCCCc1oc(CCCCC)c(C)c1C. The highest BCUT2D eigenvalue weighted by molar-refractivity contribution is 7.47. The highest BCUT2D eigenvalue weighted by Crippen LogP contribution is 2.43. The van der Waals surface area contributed by atoms with Gasteiger partial charge in [-0.1, -0.05) is 151 Å². The van der Waals surface area contributed by atoms with E-state index in [1.165, 1.54) is 74.0 Å². The number of nitrogens with two attached hydrogens (primary N) is 1. The van der Waals surface area contributed by atoms with E-state index in [1.54, 1.807) is 18.2 Å². The van der Waals surface area contributed by atoms with Gasteiger partial charge >= 0.3 is 19.8 Å². The topological polar surface area (TPSA) is 168 Å². The molecule has 358 valence electrons. The quantitative estimate of drug-likeness (QED) is 0.0188. The number of aryl methyl sites for hydroxylation is 2. The van der Waals surface area contributed by atoms with Crippen molar-refractivity contribution in [3.8, 4) is 0 Å². The number of rotatable bonds is 40. The molecule has 12 heteroatoms. The van der Waals surface area contributed by atoms with Gasteiger partial charge in [-0.2, -0.15) is 0 Å². The smallest absolute Gasteiger partial charge is 0.466 e. The summed E-state index contributed by atoms with van der Waals surface area (Å²) in [5.41, 5.74) is 8.02. The van der Waals surface area contributed by atoms with Gasteiger partial charge in [0.05, 0.1) is 19.3 Å². The van der Waals surface area contributed by atoms with Crippen LogP contribution in [-0.2, 0) is 45.5 Å². The van der Waals surface area contributed by atoms with Gasteiger partial charge in [0.2, 0.25) is 0 Å². The van der Waals surface area contributed by atoms with Crippen LogP contribution >= 0.6 is 7.82 Å². The number of aliphatic hydroxyl groups is 1. The Labute approximate surface area is 380 Å². The fraction of sp³-hybridized carbons (Fsp3) is 0.647. The minimum absolute atomic E-state index is 0.0206. The maximum Gasteiger partial charge on any atom is 0.472 e. The van der Waals surface area contributed by atoms with Crippen LogP contribution in [0.1, 0.15) is 171 Å². The average Bonchev–Trinajstić information content (AvgIpc) is 3.53. The Morgan fingerprint density at radius 3 is 1.86 bits per heavy atom. The molecule has 1 heterocycles. The first kappa shape index (κ1) is 57.7. The van der Waals surface area contributed by atoms with Crippen LogP contribution in [0.3, 0.4) is 0 Å². The first-order valence-corrected chi connectivity index (χ1v) is 25.4. The number of phosphoric acid groups is 1. The summed E-state index contributed by atoms with van der Waals surface area (Å²) in [6.45, 7) is 7.73. The van der Waals surface area contributed by atoms with Crippen LogP contribution in [0.2, 0.25) is 0 Å². The van der Waals surface area contributed by atoms with E-state index in [4.69, 9.17) is 28.7 Å². The second kappa shape index (κ2) is 39.1. The van der Waals surface area contributed by atoms with E-state index in [1.807, 2.05) is 18.2 Å². The largest absolute Gasteiger partial charge is 0.472 e. The molecule has 0 saturated carbocycles. The molecule has 2 unspecified atom stereocenters. The number of phosphoric ester groups is 1. The first-order valence-electron chi connectivity index (χ1n) is 23.9. The van der Waals surface area contributed by atoms with E-state index in [0.717, 1.165) is 64.2 Å². The van der Waals surface area contributed by atoms with Crippen molar-refractivity contribution in [1.82, 2.24) is 0 Å². The summed E-state index contributed by atoms with van der Waals surface area (Å²) in [4.78, 5) is 35.1. The van der Waals surface area contributed by atoms with E-state index < -0.39 is 38.6 Å². The Hall–Kier alpha value is -3.31. The zero-order chi connectivity index (χ0) is 46.2. The predicted octanol–water partition coefficient (Wildman–Crippen LogP) is 12.5. The van der Waals surface area contributed by atoms with Crippen molar-refractivity contribution in [2.45, 2.75) is 188 Å². The number of furan rings is 1. The summed E-state index contributed by atoms with van der Waals surface area (Å²) in [7, 11) is -4.44. The van der Waals surface area contributed by atoms with Gasteiger partial charge in [0.1, 0.15) is 18.1 Å². The summed E-state index contributed by atoms with van der Waals surface area (Å²) in [6.07, 6.45) is 43.6. The Kier molecular flexibility index (Phi) is 35.8. The minimum atomic E-state index is -4.44. The van der Waals surface area contributed by atoms with Crippen molar-refractivity contribution >= 4 is 19.8 Å². The molecule has 11 nitrogen and oxygen atoms in total. The fourth-order valence-electron chi connectivity index (χ4n) is 6.57. The highest BCUT2D eigenvalue weighted by atomic mass is 31.2. The molecule has 0 aliphatic heterocycles. The van der Waals surface area contributed by atoms with Gasteiger partial charge in [0, 0.05) is 32.2 Å². The molecule has 0 spiro atoms. The second-order valence-corrected chi connectivity index (χ2v) is 17.5. The molecule has 0 bridgehead atoms. The monoisotopic (exact) mass is 902 g/mol. The summed E-state index contributed by atoms with van der Waals surface area (Å²) >= 11 is 0. The predicted molar refractivity (Wildman–Crippen MR) is 256 cm³/mol. The number of carbonyl (C=O) groups excluding carboxylic acids is 2. The van der Waals surface area contributed by atoms with Crippen molar-refractivity contribution in [2.24, 2.45) is 5.73 Å². The molecule has 0 aliphatic rings. The van der Waals surface area contributed by atoms with Crippen LogP contribution in [0.25, 0.3) is 0 Å². The van der Waals surface area contributed by atoms with Crippen LogP contribution in [0, 0.1) is 13.8 Å². The van der Waals surface area contributed by atoms with Gasteiger partial charge in [-0.05, 0) is 82.8 Å². The Morgan fingerprint density at radius 1 is 0.683 bits per heavy atom. The third-order valence-corrected chi connectivity index (χ3v) is 11.4. The van der Waals surface area contributed by atoms with E-state index in [9.17, 15) is 24.2 Å². The van der Waals surface area contributed by atoms with Gasteiger partial charge in [-0.15, -0.1) is 0 Å². The Morgan fingerprint density at radius 2 is 1.25 bits per heavy atom. The molecule has 4 N–H and O–H groups in total. The normalized spacial score (nSPS) is 14.3. The molecule has 0 aromatic carbocycles. The molecule has 63 heavy (non-hydrogen) atoms. The zero-order valence-corrected chi connectivity index (χ0v) is 40.3. The lowest BCUT2D eigenvalue weighted by atomic mass is 10.0. The third kappa shape index (κ3) is 32.9. The maximum absolute atomic E-state index is 12.7. The molecule has 0 saturated heterocycles. The number of allylic oxidation sites excluding steroid dienone is 10. The number of ether oxygens (including phenoxy) is 2. The molecular formula is C51H84NO10P. The molecule has 3 atom stereocenters. The van der Waals surface area contributed by atoms with Gasteiger partial charge in [0.15, 0.2) is 6.10 Å². The molecular weight excluding hydrogens is 818 g/mol. The molecule has 0 amide bonds. The molecule has 1 aromatic rings. The maximum atomic E-state index is 12.7.